The number of hydrogen-bond acceptors (Lipinski definition) is 4. The van der Waals surface area contributed by atoms with E-state index in [1.54, 1.807) is 20.8 Å². The normalized spacial score (nSPS) is 20.0. The Morgan fingerprint density at radius 3 is 2.31 bits per heavy atom. The molecule has 2 rings (SSSR count). The Kier molecular flexibility index (Phi) is 7.84. The second-order valence-corrected chi connectivity index (χ2v) is 16.2. The van der Waals surface area contributed by atoms with Crippen LogP contribution in [0, 0.1) is 11.6 Å². The van der Waals surface area contributed by atoms with Gasteiger partial charge in [-0.25, -0.2) is 13.6 Å². The van der Waals surface area contributed by atoms with Gasteiger partial charge in [0.05, 0.1) is 22.8 Å². The minimum Gasteiger partial charge on any atom is -0.444 e. The van der Waals surface area contributed by atoms with E-state index in [9.17, 15) is 18.4 Å². The van der Waals surface area contributed by atoms with Crippen molar-refractivity contribution >= 4 is 41.9 Å². The van der Waals surface area contributed by atoms with Crippen LogP contribution in [0.3, 0.4) is 0 Å². The average molecular weight is 536 g/mol. The van der Waals surface area contributed by atoms with Crippen molar-refractivity contribution in [3.05, 3.63) is 28.2 Å². The van der Waals surface area contributed by atoms with Crippen LogP contribution in [0.4, 0.5) is 19.3 Å². The van der Waals surface area contributed by atoms with E-state index in [4.69, 9.17) is 9.16 Å². The van der Waals surface area contributed by atoms with Crippen molar-refractivity contribution in [2.45, 2.75) is 83.8 Å². The van der Waals surface area contributed by atoms with E-state index in [1.165, 1.54) is 17.0 Å². The number of benzene rings is 1. The largest absolute Gasteiger partial charge is 0.444 e. The lowest BCUT2D eigenvalue weighted by atomic mass is 10.1. The predicted octanol–water partition coefficient (Wildman–Crippen LogP) is 5.75. The lowest BCUT2D eigenvalue weighted by Crippen LogP contribution is -2.46. The fourth-order valence-corrected chi connectivity index (χ4v) is 4.43. The zero-order valence-corrected chi connectivity index (χ0v) is 22.5. The SMILES string of the molecule is CC(C)(C)OC(=O)N[C@@H]1C[C@@H](CO[Si](C)(C)C(C)(C)C)N(c2ccc(Br)c(F)c2F)C1=O. The van der Waals surface area contributed by atoms with Crippen LogP contribution in [0.15, 0.2) is 16.6 Å². The lowest BCUT2D eigenvalue weighted by Gasteiger charge is -2.38. The zero-order valence-electron chi connectivity index (χ0n) is 19.9. The maximum Gasteiger partial charge on any atom is 0.408 e. The van der Waals surface area contributed by atoms with Gasteiger partial charge in [-0.2, -0.15) is 0 Å². The Bertz CT molecular complexity index is 884. The van der Waals surface area contributed by atoms with Crippen LogP contribution in [0.1, 0.15) is 48.0 Å². The molecule has 1 aliphatic heterocycles. The van der Waals surface area contributed by atoms with E-state index in [2.05, 4.69) is 55.1 Å². The molecule has 0 bridgehead atoms. The summed E-state index contributed by atoms with van der Waals surface area (Å²) in [4.78, 5) is 26.6. The number of amides is 2. The number of carbonyl (C=O) groups is 2. The standard InChI is InChI=1S/C22H33BrF2N2O4Si/c1-21(2,3)31-20(29)26-15-11-13(12-30-32(7,8)22(4,5)6)27(19(15)28)16-10-9-14(23)17(24)18(16)25/h9-10,13,15H,11-12H2,1-8H3,(H,26,29)/t13-,15+/m0/s1. The predicted molar refractivity (Wildman–Crippen MR) is 126 cm³/mol. The molecule has 1 saturated heterocycles. The van der Waals surface area contributed by atoms with Crippen LogP contribution in [-0.2, 0) is 14.0 Å². The van der Waals surface area contributed by atoms with E-state index in [-0.39, 0.29) is 28.2 Å². The first-order valence-electron chi connectivity index (χ1n) is 10.5. The van der Waals surface area contributed by atoms with Crippen molar-refractivity contribution in [3.63, 3.8) is 0 Å². The van der Waals surface area contributed by atoms with Crippen LogP contribution in [-0.4, -0.2) is 44.6 Å². The van der Waals surface area contributed by atoms with Gasteiger partial charge >= 0.3 is 6.09 Å². The first kappa shape index (κ1) is 26.7. The van der Waals surface area contributed by atoms with E-state index in [0.717, 1.165) is 0 Å². The lowest BCUT2D eigenvalue weighted by molar-refractivity contribution is -0.119. The highest BCUT2D eigenvalue weighted by atomic mass is 79.9. The molecular weight excluding hydrogens is 502 g/mol. The van der Waals surface area contributed by atoms with Gasteiger partial charge in [-0.15, -0.1) is 0 Å². The second-order valence-electron chi connectivity index (χ2n) is 10.6. The molecule has 0 saturated carbocycles. The fraction of sp³-hybridized carbons (Fsp3) is 0.636. The van der Waals surface area contributed by atoms with Gasteiger partial charge in [0.2, 0.25) is 5.91 Å². The molecule has 0 aromatic heterocycles. The molecule has 1 heterocycles. The van der Waals surface area contributed by atoms with Crippen LogP contribution >= 0.6 is 15.9 Å². The summed E-state index contributed by atoms with van der Waals surface area (Å²) in [5, 5.41) is 2.50. The zero-order chi connectivity index (χ0) is 24.6. The van der Waals surface area contributed by atoms with Gasteiger partial charge in [0.15, 0.2) is 20.0 Å². The molecule has 180 valence electrons. The minimum absolute atomic E-state index is 0.0390. The summed E-state index contributed by atoms with van der Waals surface area (Å²) in [6.07, 6.45) is -0.562. The Morgan fingerprint density at radius 1 is 1.19 bits per heavy atom. The van der Waals surface area contributed by atoms with Crippen molar-refractivity contribution in [2.75, 3.05) is 11.5 Å². The summed E-state index contributed by atoms with van der Waals surface area (Å²) in [6, 6.07) is 1.17. The fourth-order valence-electron chi connectivity index (χ4n) is 3.08. The molecule has 6 nitrogen and oxygen atoms in total. The van der Waals surface area contributed by atoms with E-state index in [0.29, 0.717) is 0 Å². The number of hydrogen-bond donors (Lipinski definition) is 1. The third kappa shape index (κ3) is 6.08. The van der Waals surface area contributed by atoms with E-state index in [1.807, 2.05) is 0 Å². The molecular formula is C22H33BrF2N2O4Si. The van der Waals surface area contributed by atoms with Gasteiger partial charge in [-0.05, 0) is 73.4 Å². The highest BCUT2D eigenvalue weighted by Gasteiger charge is 2.45. The van der Waals surface area contributed by atoms with Crippen LogP contribution < -0.4 is 10.2 Å². The van der Waals surface area contributed by atoms with Gasteiger partial charge in [0, 0.05) is 0 Å². The quantitative estimate of drug-likeness (QED) is 0.385. The van der Waals surface area contributed by atoms with Crippen molar-refractivity contribution in [1.82, 2.24) is 5.32 Å². The van der Waals surface area contributed by atoms with E-state index >= 15 is 0 Å². The Labute approximate surface area is 198 Å². The second kappa shape index (κ2) is 9.38. The maximum atomic E-state index is 14.8. The number of carbonyl (C=O) groups excluding carboxylic acids is 2. The first-order chi connectivity index (χ1) is 14.4. The third-order valence-corrected chi connectivity index (χ3v) is 10.9. The number of nitrogens with one attached hydrogen (secondary N) is 1. The number of ether oxygens (including phenoxy) is 1. The Balaban J connectivity index is 2.34. The molecule has 2 atom stereocenters. The Morgan fingerprint density at radius 2 is 1.78 bits per heavy atom. The van der Waals surface area contributed by atoms with Gasteiger partial charge < -0.3 is 19.4 Å². The topological polar surface area (TPSA) is 67.9 Å². The molecule has 1 fully saturated rings. The van der Waals surface area contributed by atoms with Crippen molar-refractivity contribution in [3.8, 4) is 0 Å². The van der Waals surface area contributed by atoms with Gasteiger partial charge in [0.25, 0.3) is 0 Å². The number of anilines is 1. The van der Waals surface area contributed by atoms with Gasteiger partial charge in [-0.3, -0.25) is 4.79 Å². The minimum atomic E-state index is -2.17. The van der Waals surface area contributed by atoms with Gasteiger partial charge in [-0.1, -0.05) is 20.8 Å². The third-order valence-electron chi connectivity index (χ3n) is 5.82. The molecule has 1 aromatic rings. The average Bonchev–Trinajstić information content (AvgIpc) is 2.91. The smallest absolute Gasteiger partial charge is 0.408 e. The molecule has 10 heteroatoms. The van der Waals surface area contributed by atoms with E-state index < -0.39 is 49.6 Å². The summed E-state index contributed by atoms with van der Waals surface area (Å²) in [6.45, 7) is 15.7. The molecule has 2 amide bonds. The van der Waals surface area contributed by atoms with Crippen molar-refractivity contribution in [1.29, 1.82) is 0 Å². The van der Waals surface area contributed by atoms with Gasteiger partial charge in [0.1, 0.15) is 11.6 Å². The maximum absolute atomic E-state index is 14.8. The highest BCUT2D eigenvalue weighted by Crippen LogP contribution is 2.38. The highest BCUT2D eigenvalue weighted by molar-refractivity contribution is 9.10. The summed E-state index contributed by atoms with van der Waals surface area (Å²) in [5.41, 5.74) is -0.926. The first-order valence-corrected chi connectivity index (χ1v) is 14.2. The van der Waals surface area contributed by atoms with Crippen LogP contribution in [0.2, 0.25) is 18.1 Å². The number of nitrogens with zero attached hydrogens (tertiary/aromatic N) is 1. The van der Waals surface area contributed by atoms with Crippen LogP contribution in [0.5, 0.6) is 0 Å². The molecule has 32 heavy (non-hydrogen) atoms. The molecule has 0 unspecified atom stereocenters. The summed E-state index contributed by atoms with van der Waals surface area (Å²) in [5.74, 6) is -2.76. The molecule has 0 radical (unpaired) electrons. The summed E-state index contributed by atoms with van der Waals surface area (Å²) in [7, 11) is -2.17. The summed E-state index contributed by atoms with van der Waals surface area (Å²) >= 11 is 2.96. The summed E-state index contributed by atoms with van der Waals surface area (Å²) < 4.78 is 40.5. The molecule has 1 N–H and O–H groups in total. The number of halogens is 3. The molecule has 1 aliphatic rings. The Hall–Kier alpha value is -1.52. The van der Waals surface area contributed by atoms with Crippen LogP contribution in [0.25, 0.3) is 0 Å². The molecule has 0 spiro atoms. The van der Waals surface area contributed by atoms with Crippen molar-refractivity contribution < 1.29 is 27.5 Å². The monoisotopic (exact) mass is 534 g/mol. The molecule has 1 aromatic carbocycles. The number of rotatable bonds is 5. The van der Waals surface area contributed by atoms with Crippen molar-refractivity contribution in [2.24, 2.45) is 0 Å². The molecule has 0 aliphatic carbocycles. The number of alkyl carbamates (subject to hydrolysis) is 1.